The quantitative estimate of drug-likeness (QED) is 0.332. The molecular weight excluding hydrogens is 510 g/mol. The number of halogens is 1. The predicted molar refractivity (Wildman–Crippen MR) is 139 cm³/mol. The number of hydrogen-bond donors (Lipinski definition) is 4. The van der Waals surface area contributed by atoms with E-state index < -0.39 is 10.1 Å². The van der Waals surface area contributed by atoms with Crippen LogP contribution < -0.4 is 22.1 Å². The second-order valence-electron chi connectivity index (χ2n) is 9.27. The zero-order chi connectivity index (χ0) is 25.4. The van der Waals surface area contributed by atoms with E-state index in [1.807, 2.05) is 0 Å². The number of rotatable bonds is 4. The molecule has 13 heteroatoms. The van der Waals surface area contributed by atoms with Crippen LogP contribution in [0.3, 0.4) is 0 Å². The predicted octanol–water partition coefficient (Wildman–Crippen LogP) is 3.00. The number of pyridine rings is 1. The van der Waals surface area contributed by atoms with Crippen LogP contribution in [0.2, 0.25) is 5.02 Å². The summed E-state index contributed by atoms with van der Waals surface area (Å²) in [6, 6.07) is 2.01. The average Bonchev–Trinajstić information content (AvgIpc) is 3.58. The number of aromatic nitrogens is 3. The molecule has 35 heavy (non-hydrogen) atoms. The highest BCUT2D eigenvalue weighted by Crippen LogP contribution is 2.51. The third-order valence-electron chi connectivity index (χ3n) is 6.73. The molecule has 1 saturated heterocycles. The molecule has 1 atom stereocenters. The molecule has 0 amide bonds. The van der Waals surface area contributed by atoms with Gasteiger partial charge in [0.1, 0.15) is 16.7 Å². The van der Waals surface area contributed by atoms with Crippen molar-refractivity contribution < 1.29 is 13.0 Å². The summed E-state index contributed by atoms with van der Waals surface area (Å²) in [7, 11) is -3.67. The molecular formula is C22H30ClN7O3S2. The van der Waals surface area contributed by atoms with Gasteiger partial charge in [-0.25, -0.2) is 15.0 Å². The third kappa shape index (κ3) is 6.18. The number of allylic oxidation sites excluding steroid dienone is 1. The fourth-order valence-electron chi connectivity index (χ4n) is 4.70. The minimum Gasteiger partial charge on any atom is -0.382 e. The van der Waals surface area contributed by atoms with Gasteiger partial charge >= 0.3 is 0 Å². The van der Waals surface area contributed by atoms with E-state index in [4.69, 9.17) is 33.4 Å². The maximum Gasteiger partial charge on any atom is 0.261 e. The van der Waals surface area contributed by atoms with Crippen molar-refractivity contribution in [3.63, 3.8) is 0 Å². The lowest BCUT2D eigenvalue weighted by Crippen LogP contribution is -2.48. The van der Waals surface area contributed by atoms with E-state index >= 15 is 0 Å². The molecule has 190 valence electrons. The summed E-state index contributed by atoms with van der Waals surface area (Å²) < 4.78 is 25.9. The van der Waals surface area contributed by atoms with Gasteiger partial charge in [-0.1, -0.05) is 35.0 Å². The summed E-state index contributed by atoms with van der Waals surface area (Å²) in [5, 5.41) is 1.01. The van der Waals surface area contributed by atoms with Gasteiger partial charge in [0.25, 0.3) is 10.1 Å². The van der Waals surface area contributed by atoms with E-state index in [0.29, 0.717) is 22.1 Å². The molecule has 1 saturated carbocycles. The maximum absolute atomic E-state index is 9.19. The molecule has 3 heterocycles. The average molecular weight is 540 g/mol. The van der Waals surface area contributed by atoms with Crippen LogP contribution in [0, 0.1) is 11.3 Å². The molecule has 3 aliphatic rings. The van der Waals surface area contributed by atoms with Gasteiger partial charge in [-0.05, 0) is 49.5 Å². The highest BCUT2D eigenvalue weighted by molar-refractivity contribution is 7.99. The molecule has 2 fully saturated rings. The van der Waals surface area contributed by atoms with Crippen molar-refractivity contribution in [1.29, 1.82) is 0 Å². The Bertz CT molecular complexity index is 1220. The minimum atomic E-state index is -3.67. The van der Waals surface area contributed by atoms with Gasteiger partial charge in [-0.15, -0.1) is 0 Å². The number of nitrogens with zero attached hydrogens (tertiary/aromatic N) is 4. The van der Waals surface area contributed by atoms with Gasteiger partial charge in [0, 0.05) is 30.2 Å². The van der Waals surface area contributed by atoms with Gasteiger partial charge in [-0.3, -0.25) is 4.55 Å². The summed E-state index contributed by atoms with van der Waals surface area (Å²) in [6.45, 7) is 1.85. The normalized spacial score (nSPS) is 21.4. The SMILES string of the molecule is CS(=O)(=O)O.Nc1nc(N2CCC3(CC=C(C4CC4)C3N)CC2)cnc1Sc1ccnc(N)c1Cl. The van der Waals surface area contributed by atoms with Crippen molar-refractivity contribution >= 4 is 50.9 Å². The summed E-state index contributed by atoms with van der Waals surface area (Å²) in [6.07, 6.45) is 12.4. The smallest absolute Gasteiger partial charge is 0.261 e. The number of nitrogens with two attached hydrogens (primary N) is 3. The zero-order valence-electron chi connectivity index (χ0n) is 19.4. The minimum absolute atomic E-state index is 0.222. The van der Waals surface area contributed by atoms with Crippen molar-refractivity contribution in [2.45, 2.75) is 48.1 Å². The molecule has 5 rings (SSSR count). The Morgan fingerprint density at radius 1 is 1.20 bits per heavy atom. The van der Waals surface area contributed by atoms with E-state index in [0.717, 1.165) is 49.0 Å². The van der Waals surface area contributed by atoms with Crippen molar-refractivity contribution in [2.24, 2.45) is 17.1 Å². The van der Waals surface area contributed by atoms with Crippen LogP contribution in [0.1, 0.15) is 32.1 Å². The Kier molecular flexibility index (Phi) is 7.49. The highest BCUT2D eigenvalue weighted by Gasteiger charge is 2.47. The first-order chi connectivity index (χ1) is 16.5. The van der Waals surface area contributed by atoms with E-state index in [-0.39, 0.29) is 17.3 Å². The lowest BCUT2D eigenvalue weighted by atomic mass is 9.72. The van der Waals surface area contributed by atoms with Crippen molar-refractivity contribution in [3.05, 3.63) is 35.1 Å². The molecule has 10 nitrogen and oxygen atoms in total. The first-order valence-electron chi connectivity index (χ1n) is 11.3. The van der Waals surface area contributed by atoms with Crippen molar-refractivity contribution in [3.8, 4) is 0 Å². The molecule has 1 aliphatic heterocycles. The zero-order valence-corrected chi connectivity index (χ0v) is 21.8. The topological polar surface area (TPSA) is 174 Å². The van der Waals surface area contributed by atoms with Crippen LogP contribution in [0.4, 0.5) is 17.5 Å². The Morgan fingerprint density at radius 2 is 1.86 bits per heavy atom. The summed E-state index contributed by atoms with van der Waals surface area (Å²) in [4.78, 5) is 16.2. The monoisotopic (exact) mass is 539 g/mol. The summed E-state index contributed by atoms with van der Waals surface area (Å²) in [5.74, 6) is 2.25. The molecule has 0 bridgehead atoms. The fraction of sp³-hybridized carbons (Fsp3) is 0.500. The Morgan fingerprint density at radius 3 is 2.46 bits per heavy atom. The lowest BCUT2D eigenvalue weighted by molar-refractivity contribution is 0.203. The van der Waals surface area contributed by atoms with Gasteiger partial charge in [0.2, 0.25) is 0 Å². The van der Waals surface area contributed by atoms with Crippen LogP contribution in [-0.4, -0.2) is 53.3 Å². The van der Waals surface area contributed by atoms with Crippen LogP contribution in [0.15, 0.2) is 40.0 Å². The van der Waals surface area contributed by atoms with E-state index in [9.17, 15) is 8.42 Å². The van der Waals surface area contributed by atoms with Crippen LogP contribution in [0.5, 0.6) is 0 Å². The summed E-state index contributed by atoms with van der Waals surface area (Å²) >= 11 is 7.58. The van der Waals surface area contributed by atoms with Crippen LogP contribution in [0.25, 0.3) is 0 Å². The molecule has 2 aromatic rings. The molecule has 1 spiro atoms. The molecule has 0 aromatic carbocycles. The Balaban J connectivity index is 0.000000527. The van der Waals surface area contributed by atoms with Gasteiger partial charge in [0.15, 0.2) is 5.82 Å². The Hall–Kier alpha value is -2.12. The lowest BCUT2D eigenvalue weighted by Gasteiger charge is -2.43. The van der Waals surface area contributed by atoms with Crippen LogP contribution >= 0.6 is 23.4 Å². The third-order valence-corrected chi connectivity index (χ3v) is 8.31. The molecule has 1 unspecified atom stereocenters. The molecule has 0 radical (unpaired) electrons. The number of hydrogen-bond acceptors (Lipinski definition) is 10. The molecule has 2 aromatic heterocycles. The van der Waals surface area contributed by atoms with E-state index in [1.54, 1.807) is 18.5 Å². The standard InChI is InChI=1S/C21H26ClN7S.CH4O3S/c22-16-14(4-8-26-18(16)24)30-20-19(25)28-15(11-27-20)29-9-6-21(7-10-29)5-3-13(17(21)23)12-1-2-12;1-5(2,3)4/h3-4,8,11-12,17H,1-2,5-7,9-10,23H2,(H2,24,26)(H2,25,28);1H3,(H,2,3,4). The largest absolute Gasteiger partial charge is 0.382 e. The van der Waals surface area contributed by atoms with Crippen LogP contribution in [-0.2, 0) is 10.1 Å². The number of nitrogen functional groups attached to an aromatic ring is 2. The molecule has 2 aliphatic carbocycles. The number of anilines is 3. The highest BCUT2D eigenvalue weighted by atomic mass is 35.5. The van der Waals surface area contributed by atoms with E-state index in [1.165, 1.54) is 30.2 Å². The summed E-state index contributed by atoms with van der Waals surface area (Å²) in [5.41, 5.74) is 20.4. The Labute approximate surface area is 214 Å². The first-order valence-corrected chi connectivity index (χ1v) is 14.3. The fourth-order valence-corrected chi connectivity index (χ4v) is 5.71. The van der Waals surface area contributed by atoms with Crippen molar-refractivity contribution in [2.75, 3.05) is 35.7 Å². The maximum atomic E-state index is 9.19. The van der Waals surface area contributed by atoms with Crippen molar-refractivity contribution in [1.82, 2.24) is 15.0 Å². The second-order valence-corrected chi connectivity index (χ2v) is 12.1. The van der Waals surface area contributed by atoms with Gasteiger partial charge < -0.3 is 22.1 Å². The molecule has 7 N–H and O–H groups in total. The number of piperidine rings is 1. The van der Waals surface area contributed by atoms with Gasteiger partial charge in [0.05, 0.1) is 17.5 Å². The van der Waals surface area contributed by atoms with Gasteiger partial charge in [-0.2, -0.15) is 8.42 Å². The second kappa shape index (κ2) is 10.1. The van der Waals surface area contributed by atoms with E-state index in [2.05, 4.69) is 25.9 Å². The first kappa shape index (κ1) is 26.0.